The molecule has 4 atom stereocenters. The van der Waals surface area contributed by atoms with Gasteiger partial charge in [-0.05, 0) is 68.6 Å². The van der Waals surface area contributed by atoms with Crippen LogP contribution in [0.5, 0.6) is 0 Å². The van der Waals surface area contributed by atoms with E-state index in [2.05, 4.69) is 35.3 Å². The summed E-state index contributed by atoms with van der Waals surface area (Å²) in [5.41, 5.74) is 3.07. The van der Waals surface area contributed by atoms with E-state index in [1.807, 2.05) is 43.3 Å². The maximum Gasteiger partial charge on any atom is 0.255 e. The summed E-state index contributed by atoms with van der Waals surface area (Å²) in [5.74, 6) is -1.27. The van der Waals surface area contributed by atoms with Gasteiger partial charge in [0.15, 0.2) is 12.2 Å². The van der Waals surface area contributed by atoms with E-state index in [0.29, 0.717) is 6.54 Å². The summed E-state index contributed by atoms with van der Waals surface area (Å²) in [5, 5.41) is 24.3. The number of hydrogen-bond acceptors (Lipinski definition) is 5. The standard InChI is InChI=1S/C29H37N3O4/c1-20-9-6-7-12-22(20)31-17-14-29(15-18-31)19-28(29,2)30-26(35)24(33)25(34)27(36)32-16-8-13-23(32)21-10-4-3-5-11-21/h3-7,9-12,23-25,33-34H,8,13-19H2,1-2H3,(H,30,35)/t23-,24-,25-,28?/m1/s1. The molecule has 0 aromatic heterocycles. The summed E-state index contributed by atoms with van der Waals surface area (Å²) in [6, 6.07) is 17.9. The molecule has 2 heterocycles. The van der Waals surface area contributed by atoms with Crippen molar-refractivity contribution in [2.24, 2.45) is 5.41 Å². The van der Waals surface area contributed by atoms with Crippen LogP contribution in [0.2, 0.25) is 0 Å². The summed E-state index contributed by atoms with van der Waals surface area (Å²) in [4.78, 5) is 30.0. The molecule has 7 nitrogen and oxygen atoms in total. The first-order chi connectivity index (χ1) is 17.2. The Morgan fingerprint density at radius 2 is 1.64 bits per heavy atom. The number of aliphatic hydroxyl groups is 2. The van der Waals surface area contributed by atoms with Gasteiger partial charge in [0, 0.05) is 30.9 Å². The van der Waals surface area contributed by atoms with Crippen LogP contribution in [-0.4, -0.2) is 64.3 Å². The van der Waals surface area contributed by atoms with E-state index in [4.69, 9.17) is 0 Å². The Kier molecular flexibility index (Phi) is 6.55. The highest BCUT2D eigenvalue weighted by atomic mass is 16.3. The first kappa shape index (κ1) is 24.8. The minimum absolute atomic E-state index is 0.0100. The number of benzene rings is 2. The van der Waals surface area contributed by atoms with Crippen molar-refractivity contribution in [2.45, 2.75) is 69.7 Å². The van der Waals surface area contributed by atoms with E-state index < -0.39 is 29.6 Å². The number of piperidine rings is 1. The molecule has 192 valence electrons. The van der Waals surface area contributed by atoms with Crippen LogP contribution in [0, 0.1) is 12.3 Å². The highest BCUT2D eigenvalue weighted by molar-refractivity contribution is 5.91. The molecule has 2 amide bonds. The summed E-state index contributed by atoms with van der Waals surface area (Å²) >= 11 is 0. The molecule has 3 aliphatic rings. The van der Waals surface area contributed by atoms with Gasteiger partial charge in [0.2, 0.25) is 0 Å². The van der Waals surface area contributed by atoms with Crippen molar-refractivity contribution in [2.75, 3.05) is 24.5 Å². The molecule has 0 radical (unpaired) electrons. The normalized spacial score (nSPS) is 26.5. The Morgan fingerprint density at radius 1 is 0.972 bits per heavy atom. The quantitative estimate of drug-likeness (QED) is 0.578. The minimum Gasteiger partial charge on any atom is -0.380 e. The molecular formula is C29H37N3O4. The molecule has 2 aromatic rings. The third kappa shape index (κ3) is 4.39. The zero-order chi connectivity index (χ0) is 25.5. The van der Waals surface area contributed by atoms with E-state index in [0.717, 1.165) is 50.8 Å². The molecule has 3 N–H and O–H groups in total. The van der Waals surface area contributed by atoms with Crippen LogP contribution >= 0.6 is 0 Å². The van der Waals surface area contributed by atoms with Gasteiger partial charge in [0.05, 0.1) is 6.04 Å². The number of likely N-dealkylation sites (tertiary alicyclic amines) is 1. The van der Waals surface area contributed by atoms with Gasteiger partial charge >= 0.3 is 0 Å². The molecule has 5 rings (SSSR count). The van der Waals surface area contributed by atoms with E-state index >= 15 is 0 Å². The lowest BCUT2D eigenvalue weighted by molar-refractivity contribution is -0.154. The van der Waals surface area contributed by atoms with Crippen LogP contribution in [-0.2, 0) is 9.59 Å². The second-order valence-corrected chi connectivity index (χ2v) is 11.0. The van der Waals surface area contributed by atoms with Crippen molar-refractivity contribution >= 4 is 17.5 Å². The van der Waals surface area contributed by atoms with Gasteiger partial charge in [0.1, 0.15) is 0 Å². The lowest BCUT2D eigenvalue weighted by Crippen LogP contribution is -2.54. The molecule has 1 spiro atoms. The number of aliphatic hydroxyl groups excluding tert-OH is 2. The van der Waals surface area contributed by atoms with Gasteiger partial charge in [-0.15, -0.1) is 0 Å². The van der Waals surface area contributed by atoms with Gasteiger partial charge in [-0.2, -0.15) is 0 Å². The summed E-state index contributed by atoms with van der Waals surface area (Å²) in [7, 11) is 0. The van der Waals surface area contributed by atoms with Gasteiger partial charge in [-0.3, -0.25) is 9.59 Å². The average Bonchev–Trinajstić information content (AvgIpc) is 3.21. The lowest BCUT2D eigenvalue weighted by atomic mass is 9.88. The van der Waals surface area contributed by atoms with E-state index in [9.17, 15) is 19.8 Å². The number of amides is 2. The first-order valence-electron chi connectivity index (χ1n) is 13.1. The van der Waals surface area contributed by atoms with Crippen LogP contribution in [0.4, 0.5) is 5.69 Å². The molecule has 2 aromatic carbocycles. The Morgan fingerprint density at radius 3 is 2.33 bits per heavy atom. The molecule has 0 bridgehead atoms. The number of hydrogen-bond donors (Lipinski definition) is 3. The predicted molar refractivity (Wildman–Crippen MR) is 138 cm³/mol. The van der Waals surface area contributed by atoms with Crippen LogP contribution in [0.3, 0.4) is 0 Å². The summed E-state index contributed by atoms with van der Waals surface area (Å²) in [6.45, 7) is 6.47. The zero-order valence-corrected chi connectivity index (χ0v) is 21.2. The van der Waals surface area contributed by atoms with Crippen LogP contribution in [0.1, 0.15) is 56.2 Å². The fourth-order valence-corrected chi connectivity index (χ4v) is 6.48. The fourth-order valence-electron chi connectivity index (χ4n) is 6.48. The first-order valence-corrected chi connectivity index (χ1v) is 13.1. The topological polar surface area (TPSA) is 93.1 Å². The van der Waals surface area contributed by atoms with Crippen LogP contribution < -0.4 is 10.2 Å². The number of nitrogens with one attached hydrogen (secondary N) is 1. The van der Waals surface area contributed by atoms with E-state index in [1.54, 1.807) is 4.90 Å². The van der Waals surface area contributed by atoms with Gasteiger partial charge in [-0.25, -0.2) is 0 Å². The fraction of sp³-hybridized carbons (Fsp3) is 0.517. The highest BCUT2D eigenvalue weighted by Crippen LogP contribution is 2.62. The van der Waals surface area contributed by atoms with Crippen molar-refractivity contribution in [1.29, 1.82) is 0 Å². The number of aryl methyl sites for hydroxylation is 1. The maximum atomic E-state index is 13.1. The molecule has 36 heavy (non-hydrogen) atoms. The van der Waals surface area contributed by atoms with Crippen LogP contribution in [0.15, 0.2) is 54.6 Å². The predicted octanol–water partition coefficient (Wildman–Crippen LogP) is 2.95. The SMILES string of the molecule is Cc1ccccc1N1CCC2(CC1)CC2(C)NC(=O)[C@H](O)[C@@H](O)C(=O)N1CCC[C@@H]1c1ccccc1. The number of rotatable bonds is 6. The third-order valence-electron chi connectivity index (χ3n) is 8.85. The van der Waals surface area contributed by atoms with Crippen LogP contribution in [0.25, 0.3) is 0 Å². The van der Waals surface area contributed by atoms with Crippen molar-refractivity contribution in [3.63, 3.8) is 0 Å². The van der Waals surface area contributed by atoms with Crippen molar-refractivity contribution < 1.29 is 19.8 Å². The monoisotopic (exact) mass is 491 g/mol. The average molecular weight is 492 g/mol. The summed E-state index contributed by atoms with van der Waals surface area (Å²) in [6.07, 6.45) is 0.772. The third-order valence-corrected chi connectivity index (χ3v) is 8.85. The number of anilines is 1. The van der Waals surface area contributed by atoms with Gasteiger partial charge < -0.3 is 25.3 Å². The smallest absolute Gasteiger partial charge is 0.255 e. The molecule has 2 saturated heterocycles. The molecule has 7 heteroatoms. The van der Waals surface area contributed by atoms with E-state index in [1.165, 1.54) is 11.3 Å². The molecule has 1 unspecified atom stereocenters. The second-order valence-electron chi connectivity index (χ2n) is 11.0. The number of carbonyl (C=O) groups is 2. The van der Waals surface area contributed by atoms with Gasteiger partial charge in [-0.1, -0.05) is 48.5 Å². The molecule has 2 aliphatic heterocycles. The lowest BCUT2D eigenvalue weighted by Gasteiger charge is -2.37. The second kappa shape index (κ2) is 9.52. The van der Waals surface area contributed by atoms with Crippen molar-refractivity contribution in [3.05, 3.63) is 65.7 Å². The van der Waals surface area contributed by atoms with Gasteiger partial charge in [0.25, 0.3) is 11.8 Å². The molecule has 3 fully saturated rings. The number of carbonyl (C=O) groups excluding carboxylic acids is 2. The van der Waals surface area contributed by atoms with E-state index in [-0.39, 0.29) is 11.5 Å². The minimum atomic E-state index is -1.80. The molecular weight excluding hydrogens is 454 g/mol. The molecule has 1 saturated carbocycles. The Hall–Kier alpha value is -2.90. The number of para-hydroxylation sites is 1. The molecule has 1 aliphatic carbocycles. The largest absolute Gasteiger partial charge is 0.380 e. The Labute approximate surface area is 213 Å². The highest BCUT2D eigenvalue weighted by Gasteiger charge is 2.65. The van der Waals surface area contributed by atoms with Crippen molar-refractivity contribution in [1.82, 2.24) is 10.2 Å². The summed E-state index contributed by atoms with van der Waals surface area (Å²) < 4.78 is 0. The Bertz CT molecular complexity index is 1110. The zero-order valence-electron chi connectivity index (χ0n) is 21.2. The Balaban J connectivity index is 1.18. The van der Waals surface area contributed by atoms with Crippen molar-refractivity contribution in [3.8, 4) is 0 Å². The number of nitrogens with zero attached hydrogens (tertiary/aromatic N) is 2. The maximum absolute atomic E-state index is 13.1.